The van der Waals surface area contributed by atoms with Crippen LogP contribution in [-0.4, -0.2) is 25.4 Å². The molecule has 0 fully saturated rings. The minimum absolute atomic E-state index is 0.0193. The first-order valence-corrected chi connectivity index (χ1v) is 5.66. The number of thiol groups is 1. The fourth-order valence-electron chi connectivity index (χ4n) is 0.626. The van der Waals surface area contributed by atoms with Crippen molar-refractivity contribution in [2.45, 2.75) is 11.4 Å². The van der Waals surface area contributed by atoms with Crippen LogP contribution in [-0.2, 0) is 9.84 Å². The molecule has 0 bridgehead atoms. The Bertz CT molecular complexity index is 308. The number of sulfone groups is 1. The normalized spacial score (nSPS) is 20.2. The Morgan fingerprint density at radius 2 is 1.83 bits per heavy atom. The van der Waals surface area contributed by atoms with E-state index in [1.807, 2.05) is 0 Å². The molecule has 0 spiro atoms. The van der Waals surface area contributed by atoms with Gasteiger partial charge in [-0.3, -0.25) is 0 Å². The van der Waals surface area contributed by atoms with Gasteiger partial charge in [0.15, 0.2) is 0 Å². The van der Waals surface area contributed by atoms with Gasteiger partial charge in [0.2, 0.25) is 4.99 Å². The van der Waals surface area contributed by atoms with E-state index in [4.69, 9.17) is 0 Å². The third-order valence-electron chi connectivity index (χ3n) is 1.26. The number of hydrogen-bond acceptors (Lipinski definition) is 7. The summed E-state index contributed by atoms with van der Waals surface area (Å²) in [5.41, 5.74) is 0. The molecule has 0 amide bonds. The van der Waals surface area contributed by atoms with E-state index < -0.39 is 14.8 Å². The lowest BCUT2D eigenvalue weighted by Gasteiger charge is -2.10. The van der Waals surface area contributed by atoms with Gasteiger partial charge in [-0.05, 0) is 10.4 Å². The number of nitrogens with zero attached hydrogens (tertiary/aromatic N) is 4. The van der Waals surface area contributed by atoms with Gasteiger partial charge >= 0.3 is 0 Å². The van der Waals surface area contributed by atoms with Crippen molar-refractivity contribution in [2.24, 2.45) is 20.7 Å². The average molecular weight is 208 g/mol. The first kappa shape index (κ1) is 9.59. The van der Waals surface area contributed by atoms with Crippen LogP contribution in [0.15, 0.2) is 20.7 Å². The molecule has 0 aromatic carbocycles. The van der Waals surface area contributed by atoms with Gasteiger partial charge in [-0.1, -0.05) is 0 Å². The molecule has 1 aliphatic heterocycles. The van der Waals surface area contributed by atoms with Crippen LogP contribution < -0.4 is 0 Å². The minimum atomic E-state index is -3.00. The number of rotatable bonds is 3. The topological polar surface area (TPSA) is 83.6 Å². The van der Waals surface area contributed by atoms with Gasteiger partial charge in [0.1, 0.15) is 9.84 Å². The van der Waals surface area contributed by atoms with Crippen LogP contribution in [0.4, 0.5) is 0 Å². The zero-order valence-electron chi connectivity index (χ0n) is 6.38. The second-order valence-electron chi connectivity index (χ2n) is 2.53. The van der Waals surface area contributed by atoms with E-state index in [0.717, 1.165) is 6.26 Å². The first-order chi connectivity index (χ1) is 5.41. The molecule has 1 rings (SSSR count). The van der Waals surface area contributed by atoms with Crippen LogP contribution in [0.25, 0.3) is 0 Å². The number of hydrogen-bond donors (Lipinski definition) is 1. The molecule has 0 aliphatic carbocycles. The molecular formula is C4H8N4O2S2. The van der Waals surface area contributed by atoms with E-state index in [0.29, 0.717) is 0 Å². The fourth-order valence-corrected chi connectivity index (χ4v) is 1.62. The Morgan fingerprint density at radius 1 is 1.33 bits per heavy atom. The van der Waals surface area contributed by atoms with Gasteiger partial charge in [-0.15, -0.1) is 22.9 Å². The first-order valence-electron chi connectivity index (χ1n) is 3.15. The minimum Gasteiger partial charge on any atom is -0.229 e. The Kier molecular flexibility index (Phi) is 2.47. The molecule has 0 N–H and O–H groups in total. The summed E-state index contributed by atoms with van der Waals surface area (Å²) < 4.78 is 21.5. The Morgan fingerprint density at radius 3 is 2.25 bits per heavy atom. The van der Waals surface area contributed by atoms with E-state index >= 15 is 0 Å². The van der Waals surface area contributed by atoms with Crippen LogP contribution in [0.3, 0.4) is 0 Å². The van der Waals surface area contributed by atoms with Gasteiger partial charge in [-0.25, -0.2) is 8.42 Å². The van der Waals surface area contributed by atoms with Crippen LogP contribution >= 0.6 is 12.6 Å². The van der Waals surface area contributed by atoms with Crippen molar-refractivity contribution >= 4 is 22.5 Å². The molecule has 0 aromatic rings. The van der Waals surface area contributed by atoms with E-state index in [1.54, 1.807) is 0 Å². The van der Waals surface area contributed by atoms with Crippen molar-refractivity contribution in [3.05, 3.63) is 0 Å². The van der Waals surface area contributed by atoms with Gasteiger partial charge in [0.25, 0.3) is 0 Å². The molecule has 8 heteroatoms. The Balaban J connectivity index is 2.53. The molecule has 12 heavy (non-hydrogen) atoms. The second-order valence-corrected chi connectivity index (χ2v) is 5.51. The smallest absolute Gasteiger partial charge is 0.229 e. The molecule has 0 aromatic heterocycles. The Hall–Kier alpha value is -0.500. The van der Waals surface area contributed by atoms with Crippen LogP contribution in [0, 0.1) is 0 Å². The molecule has 0 unspecified atom stereocenters. The summed E-state index contributed by atoms with van der Waals surface area (Å²) in [4.78, 5) is -1.07. The lowest BCUT2D eigenvalue weighted by molar-refractivity contribution is 0.578. The summed E-state index contributed by atoms with van der Waals surface area (Å²) >= 11 is 4.01. The van der Waals surface area contributed by atoms with Crippen molar-refractivity contribution in [2.75, 3.05) is 12.0 Å². The van der Waals surface area contributed by atoms with Crippen molar-refractivity contribution in [1.82, 2.24) is 0 Å². The molecule has 1 aliphatic rings. The van der Waals surface area contributed by atoms with Gasteiger partial charge in [0.05, 0.1) is 5.75 Å². The highest BCUT2D eigenvalue weighted by atomic mass is 32.2. The van der Waals surface area contributed by atoms with E-state index in [-0.39, 0.29) is 12.2 Å². The molecule has 6 nitrogen and oxygen atoms in total. The summed E-state index contributed by atoms with van der Waals surface area (Å²) in [6, 6.07) is 0. The molecule has 0 atom stereocenters. The van der Waals surface area contributed by atoms with Crippen molar-refractivity contribution < 1.29 is 8.42 Å². The second kappa shape index (κ2) is 3.09. The highest BCUT2D eigenvalue weighted by molar-refractivity contribution is 7.90. The Labute approximate surface area is 75.5 Å². The van der Waals surface area contributed by atoms with Crippen LogP contribution in [0.2, 0.25) is 0 Å². The standard InChI is InChI=1S/C4H8N4O2S2/c1-12(9,10)3-2-4(11)5-7-8-6-4/h11H,2-3H2,1H3. The summed E-state index contributed by atoms with van der Waals surface area (Å²) in [7, 11) is -3.00. The molecule has 68 valence electrons. The predicted octanol–water partition coefficient (Wildman–Crippen LogP) is 0.838. The summed E-state index contributed by atoms with van der Waals surface area (Å²) in [6.45, 7) is 0. The van der Waals surface area contributed by atoms with E-state index in [1.165, 1.54) is 0 Å². The summed E-state index contributed by atoms with van der Waals surface area (Å²) in [6.07, 6.45) is 1.34. The molecule has 1 heterocycles. The molecule has 0 saturated carbocycles. The summed E-state index contributed by atoms with van der Waals surface area (Å²) in [5.74, 6) is -0.0193. The monoisotopic (exact) mass is 208 g/mol. The maximum Gasteiger partial charge on any atom is 0.238 e. The largest absolute Gasteiger partial charge is 0.238 e. The maximum absolute atomic E-state index is 10.8. The zero-order valence-corrected chi connectivity index (χ0v) is 8.09. The highest BCUT2D eigenvalue weighted by Gasteiger charge is 2.29. The van der Waals surface area contributed by atoms with Crippen LogP contribution in [0.5, 0.6) is 0 Å². The molecule has 0 radical (unpaired) electrons. The van der Waals surface area contributed by atoms with Crippen molar-refractivity contribution in [3.8, 4) is 0 Å². The van der Waals surface area contributed by atoms with E-state index in [2.05, 4.69) is 33.3 Å². The third kappa shape index (κ3) is 2.86. The van der Waals surface area contributed by atoms with Gasteiger partial charge in [0, 0.05) is 12.7 Å². The predicted molar refractivity (Wildman–Crippen MR) is 45.8 cm³/mol. The highest BCUT2D eigenvalue weighted by Crippen LogP contribution is 2.28. The maximum atomic E-state index is 10.8. The van der Waals surface area contributed by atoms with Crippen molar-refractivity contribution in [3.63, 3.8) is 0 Å². The van der Waals surface area contributed by atoms with Crippen LogP contribution in [0.1, 0.15) is 6.42 Å². The fraction of sp³-hybridized carbons (Fsp3) is 1.00. The van der Waals surface area contributed by atoms with E-state index in [9.17, 15) is 8.42 Å². The lowest BCUT2D eigenvalue weighted by Crippen LogP contribution is -2.18. The zero-order chi connectivity index (χ0) is 9.24. The van der Waals surface area contributed by atoms with Crippen molar-refractivity contribution in [1.29, 1.82) is 0 Å². The molecule has 0 saturated heterocycles. The summed E-state index contributed by atoms with van der Waals surface area (Å²) in [5, 5.41) is 13.6. The quantitative estimate of drug-likeness (QED) is 0.697. The SMILES string of the molecule is CS(=O)(=O)CCC1(S)N=NN=N1. The van der Waals surface area contributed by atoms with Gasteiger partial charge in [-0.2, -0.15) is 0 Å². The average Bonchev–Trinajstić information content (AvgIpc) is 2.32. The lowest BCUT2D eigenvalue weighted by atomic mass is 10.4. The molecular weight excluding hydrogens is 200 g/mol. The van der Waals surface area contributed by atoms with Gasteiger partial charge < -0.3 is 0 Å². The third-order valence-corrected chi connectivity index (χ3v) is 2.61.